The van der Waals surface area contributed by atoms with Crippen LogP contribution in [-0.2, 0) is 5.41 Å². The van der Waals surface area contributed by atoms with Gasteiger partial charge in [-0.2, -0.15) is 0 Å². The second-order valence-electron chi connectivity index (χ2n) is 14.9. The number of hydrogen-bond donors (Lipinski definition) is 0. The van der Waals surface area contributed by atoms with Gasteiger partial charge in [0.15, 0.2) is 0 Å². The van der Waals surface area contributed by atoms with E-state index in [0.717, 1.165) is 17.1 Å². The van der Waals surface area contributed by atoms with Crippen molar-refractivity contribution < 1.29 is 0 Å². The predicted molar refractivity (Wildman–Crippen MR) is 230 cm³/mol. The monoisotopic (exact) mass is 689 g/mol. The maximum Gasteiger partial charge on any atom is 0.0540 e. The Balaban J connectivity index is 1.15. The van der Waals surface area contributed by atoms with Crippen molar-refractivity contribution in [3.8, 4) is 44.5 Å². The molecule has 9 aromatic carbocycles. The maximum atomic E-state index is 2.44. The Morgan fingerprint density at radius 2 is 1.02 bits per heavy atom. The highest BCUT2D eigenvalue weighted by molar-refractivity contribution is 6.02. The van der Waals surface area contributed by atoms with Crippen LogP contribution < -0.4 is 4.90 Å². The van der Waals surface area contributed by atoms with Gasteiger partial charge in [-0.3, -0.25) is 0 Å². The van der Waals surface area contributed by atoms with E-state index < -0.39 is 0 Å². The summed E-state index contributed by atoms with van der Waals surface area (Å²) in [4.78, 5) is 2.44. The molecule has 1 aliphatic carbocycles. The highest BCUT2D eigenvalue weighted by atomic mass is 15.1. The predicted octanol–water partition coefficient (Wildman–Crippen LogP) is 14.8. The van der Waals surface area contributed by atoms with Gasteiger partial charge in [-0.15, -0.1) is 0 Å². The highest BCUT2D eigenvalue weighted by Gasteiger charge is 2.37. The van der Waals surface area contributed by atoms with Gasteiger partial charge in [0.25, 0.3) is 0 Å². The fraction of sp³-hybridized carbons (Fsp3) is 0.0566. The van der Waals surface area contributed by atoms with Crippen LogP contribution in [0.25, 0.3) is 66.1 Å². The molecule has 0 saturated carbocycles. The van der Waals surface area contributed by atoms with E-state index in [-0.39, 0.29) is 5.41 Å². The van der Waals surface area contributed by atoms with Gasteiger partial charge in [0, 0.05) is 22.4 Å². The third-order valence-electron chi connectivity index (χ3n) is 11.4. The molecule has 0 amide bonds. The topological polar surface area (TPSA) is 3.24 Å². The lowest BCUT2D eigenvalue weighted by Gasteiger charge is -2.30. The van der Waals surface area contributed by atoms with Crippen LogP contribution >= 0.6 is 0 Å². The Labute approximate surface area is 317 Å². The summed E-state index contributed by atoms with van der Waals surface area (Å²) in [5.74, 6) is 0. The summed E-state index contributed by atoms with van der Waals surface area (Å²) in [5.41, 5.74) is 16.0. The largest absolute Gasteiger partial charge is 0.310 e. The van der Waals surface area contributed by atoms with Crippen LogP contribution in [0.1, 0.15) is 25.0 Å². The fourth-order valence-electron chi connectivity index (χ4n) is 8.75. The van der Waals surface area contributed by atoms with E-state index >= 15 is 0 Å². The molecule has 1 aliphatic rings. The minimum atomic E-state index is -0.182. The summed E-state index contributed by atoms with van der Waals surface area (Å²) in [6.07, 6.45) is 0. The van der Waals surface area contributed by atoms with Crippen molar-refractivity contribution in [2.24, 2.45) is 0 Å². The van der Waals surface area contributed by atoms with Crippen molar-refractivity contribution in [2.75, 3.05) is 4.90 Å². The van der Waals surface area contributed by atoms with Crippen LogP contribution in [0.2, 0.25) is 0 Å². The molecular formula is C53H39N. The number of benzene rings is 9. The van der Waals surface area contributed by atoms with E-state index in [1.165, 1.54) is 77.2 Å². The standard InChI is InChI=1S/C53H39N/c1-53(2)49-26-15-25-46(40-29-28-36-16-9-10-19-38(36)32-40)52(49)47-31-30-43(35-50(47)53)54(42-21-7-4-8-22-42)51-27-14-13-24-45(51)41-33-39-20-11-12-23-44(39)48(34-41)37-17-5-3-6-18-37/h3-35H,1-2H3. The van der Waals surface area contributed by atoms with Gasteiger partial charge in [0.1, 0.15) is 0 Å². The molecule has 10 rings (SSSR count). The van der Waals surface area contributed by atoms with Crippen molar-refractivity contribution >= 4 is 38.6 Å². The first kappa shape index (κ1) is 32.0. The quantitative estimate of drug-likeness (QED) is 0.168. The normalized spacial score (nSPS) is 12.8. The Morgan fingerprint density at radius 1 is 0.352 bits per heavy atom. The van der Waals surface area contributed by atoms with Crippen LogP contribution in [0.15, 0.2) is 200 Å². The minimum absolute atomic E-state index is 0.182. The zero-order valence-electron chi connectivity index (χ0n) is 30.5. The number of nitrogens with zero attached hydrogens (tertiary/aromatic N) is 1. The average molecular weight is 690 g/mol. The van der Waals surface area contributed by atoms with Gasteiger partial charge in [0.05, 0.1) is 5.69 Å². The first-order valence-electron chi connectivity index (χ1n) is 18.8. The van der Waals surface area contributed by atoms with E-state index in [1.54, 1.807) is 0 Å². The van der Waals surface area contributed by atoms with Crippen molar-refractivity contribution in [1.29, 1.82) is 0 Å². The third-order valence-corrected chi connectivity index (χ3v) is 11.4. The number of rotatable bonds is 6. The summed E-state index contributed by atoms with van der Waals surface area (Å²) in [6.45, 7) is 4.76. The Kier molecular flexibility index (Phi) is 7.56. The van der Waals surface area contributed by atoms with Crippen LogP contribution in [0.3, 0.4) is 0 Å². The van der Waals surface area contributed by atoms with Gasteiger partial charge >= 0.3 is 0 Å². The van der Waals surface area contributed by atoms with Crippen molar-refractivity contribution in [2.45, 2.75) is 19.3 Å². The molecule has 0 atom stereocenters. The van der Waals surface area contributed by atoms with E-state index in [2.05, 4.69) is 219 Å². The lowest BCUT2D eigenvalue weighted by Crippen LogP contribution is -2.17. The zero-order valence-corrected chi connectivity index (χ0v) is 30.5. The van der Waals surface area contributed by atoms with Crippen LogP contribution in [0.5, 0.6) is 0 Å². The molecule has 0 spiro atoms. The first-order valence-corrected chi connectivity index (χ1v) is 18.8. The molecule has 256 valence electrons. The molecule has 0 heterocycles. The molecule has 0 radical (unpaired) electrons. The molecule has 0 saturated heterocycles. The van der Waals surface area contributed by atoms with Crippen LogP contribution in [0.4, 0.5) is 17.1 Å². The molecule has 0 unspecified atom stereocenters. The first-order chi connectivity index (χ1) is 26.5. The average Bonchev–Trinajstić information content (AvgIpc) is 3.46. The van der Waals surface area contributed by atoms with Gasteiger partial charge in [-0.25, -0.2) is 0 Å². The number of fused-ring (bicyclic) bond motifs is 5. The Morgan fingerprint density at radius 3 is 1.85 bits per heavy atom. The zero-order chi connectivity index (χ0) is 36.2. The van der Waals surface area contributed by atoms with Crippen LogP contribution in [-0.4, -0.2) is 0 Å². The molecule has 0 fully saturated rings. The van der Waals surface area contributed by atoms with E-state index in [9.17, 15) is 0 Å². The van der Waals surface area contributed by atoms with E-state index in [1.807, 2.05) is 0 Å². The summed E-state index contributed by atoms with van der Waals surface area (Å²) in [6, 6.07) is 73.4. The van der Waals surface area contributed by atoms with Crippen LogP contribution in [0, 0.1) is 0 Å². The fourth-order valence-corrected chi connectivity index (χ4v) is 8.75. The number of para-hydroxylation sites is 2. The minimum Gasteiger partial charge on any atom is -0.310 e. The maximum absolute atomic E-state index is 2.44. The lowest BCUT2D eigenvalue weighted by molar-refractivity contribution is 0.660. The number of hydrogen-bond acceptors (Lipinski definition) is 1. The molecule has 0 bridgehead atoms. The molecule has 0 aromatic heterocycles. The molecule has 1 heteroatoms. The SMILES string of the molecule is CC1(C)c2cc(N(c3ccccc3)c3ccccc3-c3cc(-c4ccccc4)c4ccccc4c3)ccc2-c2c(-c3ccc4ccccc4c3)cccc21. The molecule has 54 heavy (non-hydrogen) atoms. The van der Waals surface area contributed by atoms with E-state index in [4.69, 9.17) is 0 Å². The second kappa shape index (κ2) is 12.8. The van der Waals surface area contributed by atoms with Crippen molar-refractivity contribution in [3.05, 3.63) is 211 Å². The molecule has 9 aromatic rings. The Bertz CT molecular complexity index is 2850. The molecule has 0 aliphatic heterocycles. The summed E-state index contributed by atoms with van der Waals surface area (Å²) >= 11 is 0. The van der Waals surface area contributed by atoms with Gasteiger partial charge in [-0.05, 0) is 120 Å². The van der Waals surface area contributed by atoms with Gasteiger partial charge in [-0.1, -0.05) is 166 Å². The summed E-state index contributed by atoms with van der Waals surface area (Å²) in [5, 5.41) is 5.02. The highest BCUT2D eigenvalue weighted by Crippen LogP contribution is 2.54. The lowest BCUT2D eigenvalue weighted by atomic mass is 9.81. The van der Waals surface area contributed by atoms with Gasteiger partial charge < -0.3 is 4.90 Å². The third kappa shape index (κ3) is 5.24. The summed E-state index contributed by atoms with van der Waals surface area (Å²) < 4.78 is 0. The Hall–Kier alpha value is -6.70. The smallest absolute Gasteiger partial charge is 0.0540 e. The molecule has 0 N–H and O–H groups in total. The van der Waals surface area contributed by atoms with Crippen molar-refractivity contribution in [3.63, 3.8) is 0 Å². The second-order valence-corrected chi connectivity index (χ2v) is 14.9. The molecular weight excluding hydrogens is 651 g/mol. The van der Waals surface area contributed by atoms with E-state index in [0.29, 0.717) is 0 Å². The van der Waals surface area contributed by atoms with Crippen molar-refractivity contribution in [1.82, 2.24) is 0 Å². The molecule has 1 nitrogen and oxygen atoms in total. The van der Waals surface area contributed by atoms with Gasteiger partial charge in [0.2, 0.25) is 0 Å². The number of anilines is 3. The summed E-state index contributed by atoms with van der Waals surface area (Å²) in [7, 11) is 0.